The summed E-state index contributed by atoms with van der Waals surface area (Å²) in [5.41, 5.74) is 1.33. The standard InChI is InChI=1S/C18H30N2O2.2ClH/c1-14(2)5-7-16(20-11-9-19-10-12-20)15-6-8-17(21-3)18(13-15)22-4;;/h6,8,13-14,16,19H,5,7,9-12H2,1-4H3;2*1H/t16-;;/m0../s1. The van der Waals surface area contributed by atoms with Crippen molar-refractivity contribution in [1.29, 1.82) is 0 Å². The third kappa shape index (κ3) is 6.32. The molecule has 1 aliphatic rings. The van der Waals surface area contributed by atoms with Gasteiger partial charge in [0.05, 0.1) is 14.2 Å². The molecule has 1 saturated heterocycles. The van der Waals surface area contributed by atoms with E-state index in [1.165, 1.54) is 18.4 Å². The summed E-state index contributed by atoms with van der Waals surface area (Å²) in [4.78, 5) is 2.60. The molecule has 1 fully saturated rings. The highest BCUT2D eigenvalue weighted by Crippen LogP contribution is 2.34. The normalized spacial score (nSPS) is 16.0. The summed E-state index contributed by atoms with van der Waals surface area (Å²) in [6.45, 7) is 8.96. The Labute approximate surface area is 159 Å². The van der Waals surface area contributed by atoms with Gasteiger partial charge in [-0.2, -0.15) is 0 Å². The van der Waals surface area contributed by atoms with Crippen LogP contribution in [0.15, 0.2) is 18.2 Å². The van der Waals surface area contributed by atoms with Crippen molar-refractivity contribution in [3.63, 3.8) is 0 Å². The molecule has 2 rings (SSSR count). The molecule has 1 heterocycles. The van der Waals surface area contributed by atoms with Crippen molar-refractivity contribution in [2.24, 2.45) is 5.92 Å². The molecule has 140 valence electrons. The van der Waals surface area contributed by atoms with Crippen molar-refractivity contribution in [2.45, 2.75) is 32.7 Å². The minimum absolute atomic E-state index is 0. The number of rotatable bonds is 7. The number of methoxy groups -OCH3 is 2. The molecule has 24 heavy (non-hydrogen) atoms. The van der Waals surface area contributed by atoms with Gasteiger partial charge >= 0.3 is 0 Å². The Balaban J connectivity index is 0.00000264. The number of piperazine rings is 1. The number of nitrogens with zero attached hydrogens (tertiary/aromatic N) is 1. The lowest BCUT2D eigenvalue weighted by Gasteiger charge is -2.36. The highest BCUT2D eigenvalue weighted by atomic mass is 35.5. The average molecular weight is 379 g/mol. The first kappa shape index (κ1) is 23.3. The van der Waals surface area contributed by atoms with Crippen LogP contribution in [0.2, 0.25) is 0 Å². The maximum absolute atomic E-state index is 5.48. The van der Waals surface area contributed by atoms with Crippen molar-refractivity contribution >= 4 is 24.8 Å². The monoisotopic (exact) mass is 378 g/mol. The molecule has 1 atom stereocenters. The van der Waals surface area contributed by atoms with Crippen molar-refractivity contribution < 1.29 is 9.47 Å². The number of hydrogen-bond acceptors (Lipinski definition) is 4. The fraction of sp³-hybridized carbons (Fsp3) is 0.667. The summed E-state index contributed by atoms with van der Waals surface area (Å²) < 4.78 is 10.9. The Morgan fingerprint density at radius 3 is 2.17 bits per heavy atom. The lowest BCUT2D eigenvalue weighted by atomic mass is 9.95. The molecule has 1 aromatic rings. The lowest BCUT2D eigenvalue weighted by Crippen LogP contribution is -2.45. The number of hydrogen-bond donors (Lipinski definition) is 1. The van der Waals surface area contributed by atoms with Crippen LogP contribution >= 0.6 is 24.8 Å². The summed E-state index contributed by atoms with van der Waals surface area (Å²) in [6, 6.07) is 6.82. The van der Waals surface area contributed by atoms with Crippen molar-refractivity contribution in [3.8, 4) is 11.5 Å². The zero-order chi connectivity index (χ0) is 15.9. The van der Waals surface area contributed by atoms with Crippen LogP contribution in [0.25, 0.3) is 0 Å². The second-order valence-corrected chi connectivity index (χ2v) is 6.39. The molecule has 0 radical (unpaired) electrons. The predicted molar refractivity (Wildman–Crippen MR) is 105 cm³/mol. The van der Waals surface area contributed by atoms with Gasteiger partial charge in [-0.15, -0.1) is 24.8 Å². The molecular formula is C18H32Cl2N2O2. The average Bonchev–Trinajstić information content (AvgIpc) is 2.55. The molecule has 0 saturated carbocycles. The number of benzene rings is 1. The Kier molecular flexibility index (Phi) is 11.5. The maximum Gasteiger partial charge on any atom is 0.161 e. The van der Waals surface area contributed by atoms with Crippen molar-refractivity contribution in [1.82, 2.24) is 10.2 Å². The van der Waals surface area contributed by atoms with E-state index in [-0.39, 0.29) is 24.8 Å². The largest absolute Gasteiger partial charge is 0.493 e. The molecule has 6 heteroatoms. The van der Waals surface area contributed by atoms with Gasteiger partial charge in [-0.1, -0.05) is 19.9 Å². The van der Waals surface area contributed by atoms with Crippen molar-refractivity contribution in [2.75, 3.05) is 40.4 Å². The van der Waals surface area contributed by atoms with Crippen LogP contribution in [0.3, 0.4) is 0 Å². The SMILES string of the molecule is COc1ccc([C@H](CCC(C)C)N2CCNCC2)cc1OC.Cl.Cl. The Morgan fingerprint density at radius 1 is 1.00 bits per heavy atom. The molecule has 1 aromatic carbocycles. The van der Waals surface area contributed by atoms with Crippen LogP contribution in [0, 0.1) is 5.92 Å². The lowest BCUT2D eigenvalue weighted by molar-refractivity contribution is 0.159. The first-order chi connectivity index (χ1) is 10.7. The first-order valence-electron chi connectivity index (χ1n) is 8.32. The summed E-state index contributed by atoms with van der Waals surface area (Å²) in [7, 11) is 3.39. The summed E-state index contributed by atoms with van der Waals surface area (Å²) >= 11 is 0. The molecule has 0 amide bonds. The second kappa shape index (κ2) is 11.8. The van der Waals surface area contributed by atoms with Gasteiger partial charge in [0.1, 0.15) is 0 Å². The van der Waals surface area contributed by atoms with E-state index in [0.29, 0.717) is 6.04 Å². The van der Waals surface area contributed by atoms with Gasteiger partial charge in [0, 0.05) is 32.2 Å². The fourth-order valence-corrected chi connectivity index (χ4v) is 3.11. The number of nitrogens with one attached hydrogen (secondary N) is 1. The Bertz CT molecular complexity index is 466. The van der Waals surface area contributed by atoms with Crippen molar-refractivity contribution in [3.05, 3.63) is 23.8 Å². The molecule has 0 bridgehead atoms. The molecule has 0 aliphatic carbocycles. The smallest absolute Gasteiger partial charge is 0.161 e. The molecule has 1 N–H and O–H groups in total. The van der Waals surface area contributed by atoms with E-state index in [1.807, 2.05) is 6.07 Å². The molecular weight excluding hydrogens is 347 g/mol. The van der Waals surface area contributed by atoms with E-state index in [1.54, 1.807) is 14.2 Å². The van der Waals surface area contributed by atoms with Gasteiger partial charge in [0.2, 0.25) is 0 Å². The summed E-state index contributed by atoms with van der Waals surface area (Å²) in [5.74, 6) is 2.35. The van der Waals surface area contributed by atoms with Crippen LogP contribution < -0.4 is 14.8 Å². The third-order valence-corrected chi connectivity index (χ3v) is 4.40. The Hall–Kier alpha value is -0.680. The van der Waals surface area contributed by atoms with Gasteiger partial charge in [0.15, 0.2) is 11.5 Å². The van der Waals surface area contributed by atoms with Gasteiger partial charge < -0.3 is 14.8 Å². The van der Waals surface area contributed by atoms with E-state index in [0.717, 1.165) is 43.6 Å². The van der Waals surface area contributed by atoms with E-state index in [9.17, 15) is 0 Å². The zero-order valence-electron chi connectivity index (χ0n) is 15.2. The van der Waals surface area contributed by atoms with Gasteiger partial charge in [-0.25, -0.2) is 0 Å². The van der Waals surface area contributed by atoms with Gasteiger partial charge in [-0.05, 0) is 36.5 Å². The van der Waals surface area contributed by atoms with E-state index in [4.69, 9.17) is 9.47 Å². The molecule has 0 aromatic heterocycles. The van der Waals surface area contributed by atoms with E-state index in [2.05, 4.69) is 36.2 Å². The first-order valence-corrected chi connectivity index (χ1v) is 8.32. The van der Waals surface area contributed by atoms with Crippen LogP contribution in [0.5, 0.6) is 11.5 Å². The zero-order valence-corrected chi connectivity index (χ0v) is 16.8. The van der Waals surface area contributed by atoms with E-state index >= 15 is 0 Å². The molecule has 4 nitrogen and oxygen atoms in total. The third-order valence-electron chi connectivity index (χ3n) is 4.40. The highest BCUT2D eigenvalue weighted by Gasteiger charge is 2.23. The maximum atomic E-state index is 5.48. The number of halogens is 2. The topological polar surface area (TPSA) is 33.7 Å². The highest BCUT2D eigenvalue weighted by molar-refractivity contribution is 5.85. The minimum Gasteiger partial charge on any atom is -0.493 e. The Morgan fingerprint density at radius 2 is 1.62 bits per heavy atom. The van der Waals surface area contributed by atoms with Crippen LogP contribution in [-0.2, 0) is 0 Å². The second-order valence-electron chi connectivity index (χ2n) is 6.39. The quantitative estimate of drug-likeness (QED) is 0.778. The van der Waals surface area contributed by atoms with Crippen LogP contribution in [0.1, 0.15) is 38.3 Å². The van der Waals surface area contributed by atoms with Crippen LogP contribution in [0.4, 0.5) is 0 Å². The van der Waals surface area contributed by atoms with E-state index < -0.39 is 0 Å². The summed E-state index contributed by atoms with van der Waals surface area (Å²) in [5, 5.41) is 3.44. The molecule has 0 unspecified atom stereocenters. The summed E-state index contributed by atoms with van der Waals surface area (Å²) in [6.07, 6.45) is 2.43. The number of ether oxygens (including phenoxy) is 2. The molecule has 0 spiro atoms. The minimum atomic E-state index is 0. The fourth-order valence-electron chi connectivity index (χ4n) is 3.11. The van der Waals surface area contributed by atoms with Crippen LogP contribution in [-0.4, -0.2) is 45.3 Å². The van der Waals surface area contributed by atoms with Gasteiger partial charge in [0.25, 0.3) is 0 Å². The van der Waals surface area contributed by atoms with Gasteiger partial charge in [-0.3, -0.25) is 4.90 Å². The molecule has 1 aliphatic heterocycles. The predicted octanol–water partition coefficient (Wildman–Crippen LogP) is 3.93.